The molecule has 0 saturated carbocycles. The summed E-state index contributed by atoms with van der Waals surface area (Å²) in [5.41, 5.74) is 3.98. The average molecular weight is 370 g/mol. The highest BCUT2D eigenvalue weighted by molar-refractivity contribution is 5.74. The number of hydrogen-bond acceptors (Lipinski definition) is 5. The van der Waals surface area contributed by atoms with Crippen molar-refractivity contribution in [3.05, 3.63) is 39.5 Å². The topological polar surface area (TPSA) is 52.9 Å². The van der Waals surface area contributed by atoms with Gasteiger partial charge in [0.05, 0.1) is 19.9 Å². The number of aryl methyl sites for hydroxylation is 1. The molecule has 6 nitrogen and oxygen atoms in total. The van der Waals surface area contributed by atoms with Crippen molar-refractivity contribution >= 4 is 5.82 Å². The van der Waals surface area contributed by atoms with Gasteiger partial charge in [-0.3, -0.25) is 4.79 Å². The van der Waals surface area contributed by atoms with E-state index < -0.39 is 0 Å². The van der Waals surface area contributed by atoms with Crippen LogP contribution in [0, 0.1) is 6.92 Å². The van der Waals surface area contributed by atoms with E-state index in [2.05, 4.69) is 9.47 Å². The average Bonchev–Trinajstić information content (AvgIpc) is 3.23. The quantitative estimate of drug-likeness (QED) is 0.828. The van der Waals surface area contributed by atoms with E-state index in [-0.39, 0.29) is 11.7 Å². The summed E-state index contributed by atoms with van der Waals surface area (Å²) in [5, 5.41) is 0. The molecule has 0 aliphatic carbocycles. The van der Waals surface area contributed by atoms with Gasteiger partial charge in [-0.15, -0.1) is 0 Å². The van der Waals surface area contributed by atoms with Crippen LogP contribution >= 0.6 is 0 Å². The molecule has 1 atom stereocenters. The fourth-order valence-electron chi connectivity index (χ4n) is 4.20. The summed E-state index contributed by atoms with van der Waals surface area (Å²) in [6, 6.07) is 5.76. The molecule has 0 bridgehead atoms. The second-order valence-corrected chi connectivity index (χ2v) is 7.18. The Labute approximate surface area is 159 Å². The first-order valence-electron chi connectivity index (χ1n) is 9.39. The van der Waals surface area contributed by atoms with E-state index in [1.807, 2.05) is 26.1 Å². The lowest BCUT2D eigenvalue weighted by Gasteiger charge is -2.33. The number of aromatic nitrogens is 1. The number of fused-ring (bicyclic) bond motifs is 3. The predicted octanol–water partition coefficient (Wildman–Crippen LogP) is 2.97. The van der Waals surface area contributed by atoms with Crippen molar-refractivity contribution in [2.45, 2.75) is 39.0 Å². The molecule has 0 radical (unpaired) electrons. The smallest absolute Gasteiger partial charge is 0.187 e. The lowest BCUT2D eigenvalue weighted by molar-refractivity contribution is 0.110. The first kappa shape index (κ1) is 17.9. The van der Waals surface area contributed by atoms with Crippen LogP contribution in [0.1, 0.15) is 24.0 Å². The van der Waals surface area contributed by atoms with Crippen LogP contribution in [0.3, 0.4) is 0 Å². The van der Waals surface area contributed by atoms with E-state index in [9.17, 15) is 4.79 Å². The third-order valence-corrected chi connectivity index (χ3v) is 5.70. The van der Waals surface area contributed by atoms with Gasteiger partial charge in [-0.05, 0) is 43.9 Å². The van der Waals surface area contributed by atoms with Crippen LogP contribution in [0.2, 0.25) is 0 Å². The Morgan fingerprint density at radius 3 is 2.59 bits per heavy atom. The van der Waals surface area contributed by atoms with Gasteiger partial charge in [0.2, 0.25) is 0 Å². The van der Waals surface area contributed by atoms with Crippen molar-refractivity contribution in [2.24, 2.45) is 0 Å². The zero-order valence-electron chi connectivity index (χ0n) is 16.4. The Balaban J connectivity index is 1.91. The van der Waals surface area contributed by atoms with Crippen LogP contribution in [0.4, 0.5) is 5.82 Å². The molecule has 4 rings (SSSR count). The summed E-state index contributed by atoms with van der Waals surface area (Å²) in [5.74, 6) is 2.31. The number of anilines is 1. The summed E-state index contributed by atoms with van der Waals surface area (Å²) in [4.78, 5) is 14.9. The number of nitrogens with zero attached hydrogens (tertiary/aromatic N) is 2. The van der Waals surface area contributed by atoms with Gasteiger partial charge in [0.1, 0.15) is 12.0 Å². The minimum atomic E-state index is 0.0236. The fraction of sp³-hybridized carbons (Fsp3) is 0.476. The van der Waals surface area contributed by atoms with Gasteiger partial charge in [-0.1, -0.05) is 0 Å². The number of methoxy groups -OCH3 is 2. The van der Waals surface area contributed by atoms with Crippen LogP contribution in [-0.4, -0.2) is 38.7 Å². The highest BCUT2D eigenvalue weighted by atomic mass is 16.5. The van der Waals surface area contributed by atoms with Gasteiger partial charge in [-0.2, -0.15) is 0 Å². The van der Waals surface area contributed by atoms with Gasteiger partial charge < -0.3 is 23.7 Å². The standard InChI is InChI=1S/C21H26N2O4/c1-13-16(24)12-19(22(2)20-6-5-9-27-20)23-8-7-14-10-17(25-3)18(26-4)11-15(14)21(13)23/h10-12,20H,5-9H2,1-4H3. The van der Waals surface area contributed by atoms with Crippen LogP contribution in [-0.2, 0) is 17.7 Å². The number of pyridine rings is 1. The number of ether oxygens (including phenoxy) is 3. The van der Waals surface area contributed by atoms with Crippen LogP contribution in [0.15, 0.2) is 23.0 Å². The third-order valence-electron chi connectivity index (χ3n) is 5.70. The normalized spacial score (nSPS) is 18.0. The molecule has 2 aliphatic rings. The molecule has 2 aliphatic heterocycles. The molecule has 1 fully saturated rings. The van der Waals surface area contributed by atoms with Crippen LogP contribution in [0.25, 0.3) is 11.3 Å². The Bertz CT molecular complexity index is 929. The second-order valence-electron chi connectivity index (χ2n) is 7.18. The van der Waals surface area contributed by atoms with Gasteiger partial charge in [-0.25, -0.2) is 0 Å². The monoisotopic (exact) mass is 370 g/mol. The molecule has 6 heteroatoms. The largest absolute Gasteiger partial charge is 0.493 e. The first-order valence-corrected chi connectivity index (χ1v) is 9.39. The number of rotatable bonds is 4. The molecule has 0 amide bonds. The van der Waals surface area contributed by atoms with Gasteiger partial charge in [0, 0.05) is 37.4 Å². The van der Waals surface area contributed by atoms with Gasteiger partial charge in [0.25, 0.3) is 0 Å². The van der Waals surface area contributed by atoms with Gasteiger partial charge >= 0.3 is 0 Å². The van der Waals surface area contributed by atoms with Gasteiger partial charge in [0.15, 0.2) is 16.9 Å². The Kier molecular flexibility index (Phi) is 4.60. The van der Waals surface area contributed by atoms with E-state index in [1.165, 1.54) is 5.56 Å². The maximum absolute atomic E-state index is 12.8. The SMILES string of the molecule is COc1cc2c(cc1OC)-c1c(C)c(=O)cc(N(C)C3CCCO3)n1CC2. The van der Waals surface area contributed by atoms with Crippen molar-refractivity contribution in [1.82, 2.24) is 4.57 Å². The van der Waals surface area contributed by atoms with E-state index >= 15 is 0 Å². The molecular formula is C21H26N2O4. The second kappa shape index (κ2) is 6.93. The van der Waals surface area contributed by atoms with E-state index in [4.69, 9.17) is 14.2 Å². The predicted molar refractivity (Wildman–Crippen MR) is 105 cm³/mol. The van der Waals surface area contributed by atoms with Crippen molar-refractivity contribution < 1.29 is 14.2 Å². The highest BCUT2D eigenvalue weighted by Crippen LogP contribution is 2.40. The van der Waals surface area contributed by atoms with Crippen molar-refractivity contribution in [2.75, 3.05) is 32.8 Å². The minimum absolute atomic E-state index is 0.0236. The first-order chi connectivity index (χ1) is 13.0. The van der Waals surface area contributed by atoms with E-state index in [0.29, 0.717) is 5.75 Å². The summed E-state index contributed by atoms with van der Waals surface area (Å²) in [7, 11) is 5.29. The zero-order valence-corrected chi connectivity index (χ0v) is 16.4. The minimum Gasteiger partial charge on any atom is -0.493 e. The molecule has 0 spiro atoms. The molecule has 2 aromatic rings. The summed E-state index contributed by atoms with van der Waals surface area (Å²) < 4.78 is 19.0. The molecule has 1 aromatic heterocycles. The molecule has 27 heavy (non-hydrogen) atoms. The summed E-state index contributed by atoms with van der Waals surface area (Å²) in [6.45, 7) is 3.49. The maximum atomic E-state index is 12.8. The zero-order chi connectivity index (χ0) is 19.1. The molecule has 3 heterocycles. The molecule has 1 unspecified atom stereocenters. The number of hydrogen-bond donors (Lipinski definition) is 0. The van der Waals surface area contributed by atoms with Crippen molar-refractivity contribution in [3.8, 4) is 22.8 Å². The lowest BCUT2D eigenvalue weighted by Crippen LogP contribution is -2.35. The Morgan fingerprint density at radius 1 is 1.19 bits per heavy atom. The summed E-state index contributed by atoms with van der Waals surface area (Å²) >= 11 is 0. The Morgan fingerprint density at radius 2 is 1.93 bits per heavy atom. The summed E-state index contributed by atoms with van der Waals surface area (Å²) in [6.07, 6.45) is 2.93. The molecular weight excluding hydrogens is 344 g/mol. The highest BCUT2D eigenvalue weighted by Gasteiger charge is 2.28. The van der Waals surface area contributed by atoms with Crippen molar-refractivity contribution in [3.63, 3.8) is 0 Å². The Hall–Kier alpha value is -2.47. The molecule has 144 valence electrons. The lowest BCUT2D eigenvalue weighted by atomic mass is 9.93. The van der Waals surface area contributed by atoms with E-state index in [0.717, 1.165) is 60.8 Å². The fourth-order valence-corrected chi connectivity index (χ4v) is 4.20. The van der Waals surface area contributed by atoms with Crippen molar-refractivity contribution in [1.29, 1.82) is 0 Å². The third kappa shape index (κ3) is 2.88. The maximum Gasteiger partial charge on any atom is 0.187 e. The molecule has 1 saturated heterocycles. The number of benzene rings is 1. The molecule has 1 aromatic carbocycles. The van der Waals surface area contributed by atoms with E-state index in [1.54, 1.807) is 20.3 Å². The van der Waals surface area contributed by atoms with Crippen LogP contribution in [0.5, 0.6) is 11.5 Å². The van der Waals surface area contributed by atoms with Crippen LogP contribution < -0.4 is 19.8 Å². The molecule has 0 N–H and O–H groups in total.